The molecule has 2 aromatic rings. The highest BCUT2D eigenvalue weighted by molar-refractivity contribution is 6.39. The molecule has 0 aliphatic carbocycles. The second-order valence-corrected chi connectivity index (χ2v) is 6.30. The number of carbonyl (C=O) groups is 3. The Hall–Kier alpha value is -3.41. The first-order valence-corrected chi connectivity index (χ1v) is 8.17. The lowest BCUT2D eigenvalue weighted by molar-refractivity contribution is -0.122. The Balaban J connectivity index is 1.98. The highest BCUT2D eigenvalue weighted by Gasteiger charge is 2.36. The molecule has 1 heterocycles. The normalized spacial score (nSPS) is 16.3. The average molecular weight is 350 g/mol. The van der Waals surface area contributed by atoms with Crippen molar-refractivity contribution in [1.82, 2.24) is 5.32 Å². The van der Waals surface area contributed by atoms with Gasteiger partial charge in [-0.2, -0.15) is 0 Å². The number of imide groups is 2. The van der Waals surface area contributed by atoms with Crippen molar-refractivity contribution < 1.29 is 19.5 Å². The molecule has 0 bridgehead atoms. The summed E-state index contributed by atoms with van der Waals surface area (Å²) >= 11 is 0. The number of hydrogen-bond donors (Lipinski definition) is 2. The van der Waals surface area contributed by atoms with E-state index in [9.17, 15) is 19.5 Å². The van der Waals surface area contributed by atoms with E-state index in [4.69, 9.17) is 0 Å². The smallest absolute Gasteiger partial charge is 0.335 e. The number of carbonyl (C=O) groups excluding carboxylic acids is 3. The Morgan fingerprint density at radius 3 is 2.35 bits per heavy atom. The minimum atomic E-state index is -0.787. The molecule has 6 nitrogen and oxygen atoms in total. The Bertz CT molecular complexity index is 914. The summed E-state index contributed by atoms with van der Waals surface area (Å²) in [6, 6.07) is 12.4. The predicted octanol–water partition coefficient (Wildman–Crippen LogP) is 3.18. The number of phenols is 1. The number of barbiturate groups is 1. The molecule has 2 aromatic carbocycles. The number of rotatable bonds is 3. The number of urea groups is 1. The maximum Gasteiger partial charge on any atom is 0.335 e. The zero-order chi connectivity index (χ0) is 18.8. The summed E-state index contributed by atoms with van der Waals surface area (Å²) in [5, 5.41) is 11.7. The molecule has 1 saturated heterocycles. The van der Waals surface area contributed by atoms with Gasteiger partial charge in [-0.15, -0.1) is 0 Å². The first kappa shape index (κ1) is 17.4. The van der Waals surface area contributed by atoms with Crippen molar-refractivity contribution in [3.05, 3.63) is 65.2 Å². The molecule has 3 rings (SSSR count). The van der Waals surface area contributed by atoms with E-state index in [1.165, 1.54) is 18.2 Å². The minimum absolute atomic E-state index is 0.0141. The molecule has 1 fully saturated rings. The van der Waals surface area contributed by atoms with Crippen LogP contribution in [0.25, 0.3) is 6.08 Å². The molecule has 1 aliphatic rings. The van der Waals surface area contributed by atoms with Crippen molar-refractivity contribution >= 4 is 29.6 Å². The first-order chi connectivity index (χ1) is 12.4. The van der Waals surface area contributed by atoms with Crippen LogP contribution in [0.2, 0.25) is 0 Å². The average Bonchev–Trinajstić information content (AvgIpc) is 2.59. The van der Waals surface area contributed by atoms with Gasteiger partial charge in [0.15, 0.2) is 0 Å². The lowest BCUT2D eigenvalue weighted by Crippen LogP contribution is -2.54. The molecule has 0 aromatic heterocycles. The van der Waals surface area contributed by atoms with Crippen molar-refractivity contribution in [2.45, 2.75) is 19.8 Å². The van der Waals surface area contributed by atoms with E-state index >= 15 is 0 Å². The number of nitrogens with one attached hydrogen (secondary N) is 1. The van der Waals surface area contributed by atoms with Gasteiger partial charge >= 0.3 is 6.03 Å². The van der Waals surface area contributed by atoms with Crippen LogP contribution in [0, 0.1) is 0 Å². The van der Waals surface area contributed by atoms with E-state index in [-0.39, 0.29) is 11.3 Å². The second kappa shape index (κ2) is 6.84. The van der Waals surface area contributed by atoms with Crippen LogP contribution >= 0.6 is 0 Å². The van der Waals surface area contributed by atoms with Gasteiger partial charge in [-0.1, -0.05) is 38.1 Å². The zero-order valence-electron chi connectivity index (χ0n) is 14.4. The lowest BCUT2D eigenvalue weighted by atomic mass is 10.0. The Kier molecular flexibility index (Phi) is 4.58. The van der Waals surface area contributed by atoms with E-state index in [2.05, 4.69) is 5.32 Å². The van der Waals surface area contributed by atoms with Gasteiger partial charge in [-0.25, -0.2) is 9.69 Å². The third-order valence-electron chi connectivity index (χ3n) is 4.10. The second-order valence-electron chi connectivity index (χ2n) is 6.30. The standard InChI is InChI=1S/C20H18N2O4/c1-12(2)14-6-8-15(9-7-14)22-19(25)17(18(24)21-20(22)26)11-13-4-3-5-16(23)10-13/h3-12,23H,1-2H3,(H,21,24,26)/b17-11-. The fourth-order valence-electron chi connectivity index (χ4n) is 2.68. The SMILES string of the molecule is CC(C)c1ccc(N2C(=O)NC(=O)/C(=C/c3cccc(O)c3)C2=O)cc1. The fraction of sp³-hybridized carbons (Fsp3) is 0.150. The Morgan fingerprint density at radius 1 is 1.04 bits per heavy atom. The Morgan fingerprint density at radius 2 is 1.73 bits per heavy atom. The molecule has 2 N–H and O–H groups in total. The zero-order valence-corrected chi connectivity index (χ0v) is 14.4. The van der Waals surface area contributed by atoms with E-state index in [1.807, 2.05) is 26.0 Å². The van der Waals surface area contributed by atoms with Crippen molar-refractivity contribution in [3.8, 4) is 5.75 Å². The van der Waals surface area contributed by atoms with Crippen LogP contribution in [0.3, 0.4) is 0 Å². The van der Waals surface area contributed by atoms with E-state index in [0.717, 1.165) is 10.5 Å². The molecule has 0 unspecified atom stereocenters. The summed E-state index contributed by atoms with van der Waals surface area (Å²) in [7, 11) is 0. The van der Waals surface area contributed by atoms with Crippen LogP contribution in [0.5, 0.6) is 5.75 Å². The lowest BCUT2D eigenvalue weighted by Gasteiger charge is -2.26. The predicted molar refractivity (Wildman–Crippen MR) is 97.6 cm³/mol. The summed E-state index contributed by atoms with van der Waals surface area (Å²) in [4.78, 5) is 38.0. The molecule has 0 radical (unpaired) electrons. The highest BCUT2D eigenvalue weighted by Crippen LogP contribution is 2.24. The van der Waals surface area contributed by atoms with Gasteiger partial charge in [-0.05, 0) is 47.4 Å². The van der Waals surface area contributed by atoms with Gasteiger partial charge in [0, 0.05) is 0 Å². The summed E-state index contributed by atoms with van der Waals surface area (Å²) in [6.45, 7) is 4.09. The largest absolute Gasteiger partial charge is 0.508 e. The van der Waals surface area contributed by atoms with Gasteiger partial charge in [0.25, 0.3) is 11.8 Å². The molecule has 0 atom stereocenters. The topological polar surface area (TPSA) is 86.7 Å². The van der Waals surface area contributed by atoms with Gasteiger partial charge in [-0.3, -0.25) is 14.9 Å². The summed E-state index contributed by atoms with van der Waals surface area (Å²) in [5.74, 6) is -1.14. The number of nitrogens with zero attached hydrogens (tertiary/aromatic N) is 1. The number of hydrogen-bond acceptors (Lipinski definition) is 4. The fourth-order valence-corrected chi connectivity index (χ4v) is 2.68. The quantitative estimate of drug-likeness (QED) is 0.657. The van der Waals surface area contributed by atoms with Crippen molar-refractivity contribution in [1.29, 1.82) is 0 Å². The van der Waals surface area contributed by atoms with Crippen LogP contribution in [-0.2, 0) is 9.59 Å². The maximum absolute atomic E-state index is 12.8. The maximum atomic E-state index is 12.8. The van der Waals surface area contributed by atoms with E-state index in [0.29, 0.717) is 17.2 Å². The Labute approximate surface area is 150 Å². The van der Waals surface area contributed by atoms with E-state index in [1.54, 1.807) is 24.3 Å². The molecule has 0 spiro atoms. The van der Waals surface area contributed by atoms with Crippen molar-refractivity contribution in [2.75, 3.05) is 4.90 Å². The summed E-state index contributed by atoms with van der Waals surface area (Å²) < 4.78 is 0. The molecule has 6 heteroatoms. The summed E-state index contributed by atoms with van der Waals surface area (Å²) in [6.07, 6.45) is 1.35. The number of phenolic OH excluding ortho intramolecular Hbond substituents is 1. The number of aromatic hydroxyl groups is 1. The highest BCUT2D eigenvalue weighted by atomic mass is 16.3. The molecule has 1 aliphatic heterocycles. The third-order valence-corrected chi connectivity index (χ3v) is 4.10. The number of amides is 4. The first-order valence-electron chi connectivity index (χ1n) is 8.17. The molecule has 4 amide bonds. The van der Waals surface area contributed by atoms with Gasteiger partial charge in [0.05, 0.1) is 5.69 Å². The van der Waals surface area contributed by atoms with Crippen LogP contribution in [0.4, 0.5) is 10.5 Å². The van der Waals surface area contributed by atoms with Gasteiger partial charge in [0.1, 0.15) is 11.3 Å². The van der Waals surface area contributed by atoms with Crippen LogP contribution < -0.4 is 10.2 Å². The van der Waals surface area contributed by atoms with Crippen LogP contribution in [0.1, 0.15) is 30.9 Å². The molecule has 0 saturated carbocycles. The molecule has 26 heavy (non-hydrogen) atoms. The van der Waals surface area contributed by atoms with Gasteiger partial charge < -0.3 is 5.11 Å². The summed E-state index contributed by atoms with van der Waals surface area (Å²) in [5.41, 5.74) is 1.76. The minimum Gasteiger partial charge on any atom is -0.508 e. The molecule has 132 valence electrons. The molecular weight excluding hydrogens is 332 g/mol. The molecular formula is C20H18N2O4. The van der Waals surface area contributed by atoms with Crippen LogP contribution in [0.15, 0.2) is 54.1 Å². The van der Waals surface area contributed by atoms with Crippen molar-refractivity contribution in [3.63, 3.8) is 0 Å². The number of benzene rings is 2. The van der Waals surface area contributed by atoms with Crippen molar-refractivity contribution in [2.24, 2.45) is 0 Å². The third kappa shape index (κ3) is 3.35. The van der Waals surface area contributed by atoms with Crippen LogP contribution in [-0.4, -0.2) is 23.0 Å². The number of anilines is 1. The van der Waals surface area contributed by atoms with Gasteiger partial charge in [0.2, 0.25) is 0 Å². The monoisotopic (exact) mass is 350 g/mol. The van der Waals surface area contributed by atoms with E-state index < -0.39 is 17.8 Å².